The van der Waals surface area contributed by atoms with E-state index in [4.69, 9.17) is 21.1 Å². The number of aliphatic hydroxyl groups excluding tert-OH is 1. The van der Waals surface area contributed by atoms with E-state index in [9.17, 15) is 5.11 Å². The van der Waals surface area contributed by atoms with Crippen LogP contribution >= 0.6 is 34.7 Å². The monoisotopic (exact) mass is 401 g/mol. The Morgan fingerprint density at radius 3 is 3.00 bits per heavy atom. The molecule has 2 N–H and O–H groups in total. The molecule has 0 saturated carbocycles. The van der Waals surface area contributed by atoms with E-state index in [1.165, 1.54) is 23.1 Å². The summed E-state index contributed by atoms with van der Waals surface area (Å²) < 4.78 is 11.9. The lowest BCUT2D eigenvalue weighted by molar-refractivity contribution is 0.120. The van der Waals surface area contributed by atoms with E-state index >= 15 is 0 Å². The first kappa shape index (κ1) is 18.7. The molecule has 2 aromatic rings. The van der Waals surface area contributed by atoms with Gasteiger partial charge in [0.15, 0.2) is 4.34 Å². The van der Waals surface area contributed by atoms with Crippen LogP contribution in [-0.2, 0) is 4.74 Å². The molecule has 1 fully saturated rings. The number of hydrogen-bond donors (Lipinski definition) is 2. The Morgan fingerprint density at radius 1 is 1.40 bits per heavy atom. The minimum atomic E-state index is -0.590. The van der Waals surface area contributed by atoms with E-state index < -0.39 is 6.10 Å². The van der Waals surface area contributed by atoms with Crippen LogP contribution in [0.4, 0.5) is 5.13 Å². The third kappa shape index (κ3) is 6.31. The van der Waals surface area contributed by atoms with E-state index in [1.54, 1.807) is 24.3 Å². The van der Waals surface area contributed by atoms with Crippen LogP contribution < -0.4 is 10.1 Å². The molecule has 2 heterocycles. The van der Waals surface area contributed by atoms with Gasteiger partial charge in [0.05, 0.1) is 12.2 Å². The number of halogens is 1. The Hall–Kier alpha value is -1.06. The maximum atomic E-state index is 10.0. The largest absolute Gasteiger partial charge is 0.491 e. The summed E-state index contributed by atoms with van der Waals surface area (Å²) in [5.41, 5.74) is 0. The van der Waals surface area contributed by atoms with E-state index in [0.29, 0.717) is 16.5 Å². The van der Waals surface area contributed by atoms with Gasteiger partial charge in [-0.2, -0.15) is 0 Å². The molecule has 0 amide bonds. The van der Waals surface area contributed by atoms with Gasteiger partial charge < -0.3 is 19.9 Å². The van der Waals surface area contributed by atoms with Crippen molar-refractivity contribution in [2.45, 2.75) is 29.4 Å². The fraction of sp³-hybridized carbons (Fsp3) is 0.500. The summed E-state index contributed by atoms with van der Waals surface area (Å²) >= 11 is 8.77. The molecule has 25 heavy (non-hydrogen) atoms. The first-order chi connectivity index (χ1) is 12.2. The smallest absolute Gasteiger partial charge is 0.206 e. The lowest BCUT2D eigenvalue weighted by Crippen LogP contribution is -2.19. The fourth-order valence-corrected chi connectivity index (χ4v) is 4.10. The van der Waals surface area contributed by atoms with Gasteiger partial charge in [-0.1, -0.05) is 34.7 Å². The van der Waals surface area contributed by atoms with Crippen LogP contribution in [-0.4, -0.2) is 53.0 Å². The van der Waals surface area contributed by atoms with Gasteiger partial charge in [0.25, 0.3) is 0 Å². The average molecular weight is 402 g/mol. The minimum Gasteiger partial charge on any atom is -0.491 e. The summed E-state index contributed by atoms with van der Waals surface area (Å²) in [6, 6.07) is 7.06. The summed E-state index contributed by atoms with van der Waals surface area (Å²) in [5, 5.41) is 23.0. The van der Waals surface area contributed by atoms with Crippen molar-refractivity contribution < 1.29 is 14.6 Å². The molecule has 1 aromatic heterocycles. The lowest BCUT2D eigenvalue weighted by atomic mass is 10.2. The van der Waals surface area contributed by atoms with Gasteiger partial charge in [-0.25, -0.2) is 0 Å². The van der Waals surface area contributed by atoms with Crippen LogP contribution in [0, 0.1) is 0 Å². The second-order valence-corrected chi connectivity index (χ2v) is 8.30. The molecule has 3 rings (SSSR count). The Morgan fingerprint density at radius 2 is 2.24 bits per heavy atom. The first-order valence-corrected chi connectivity index (χ1v) is 10.3. The van der Waals surface area contributed by atoms with Crippen molar-refractivity contribution in [3.8, 4) is 5.75 Å². The second kappa shape index (κ2) is 9.59. The number of thioether (sulfide) groups is 1. The average Bonchev–Trinajstić information content (AvgIpc) is 3.29. The molecular weight excluding hydrogens is 382 g/mol. The number of ether oxygens (including phenoxy) is 2. The highest BCUT2D eigenvalue weighted by atomic mass is 35.5. The number of rotatable bonds is 9. The third-order valence-electron chi connectivity index (χ3n) is 3.57. The summed E-state index contributed by atoms with van der Waals surface area (Å²) in [4.78, 5) is 0. The van der Waals surface area contributed by atoms with Crippen molar-refractivity contribution in [1.82, 2.24) is 10.2 Å². The molecule has 1 aliphatic rings. The molecule has 0 bridgehead atoms. The van der Waals surface area contributed by atoms with Crippen LogP contribution in [0.15, 0.2) is 28.6 Å². The van der Waals surface area contributed by atoms with Gasteiger partial charge in [-0.3, -0.25) is 0 Å². The summed E-state index contributed by atoms with van der Waals surface area (Å²) in [6.45, 7) is 1.83. The van der Waals surface area contributed by atoms with Crippen LogP contribution in [0.2, 0.25) is 5.02 Å². The van der Waals surface area contributed by atoms with Gasteiger partial charge in [0.1, 0.15) is 12.4 Å². The van der Waals surface area contributed by atoms with Crippen molar-refractivity contribution in [1.29, 1.82) is 0 Å². The molecule has 1 aromatic carbocycles. The second-order valence-electron chi connectivity index (χ2n) is 5.62. The number of aromatic nitrogens is 2. The van der Waals surface area contributed by atoms with Crippen LogP contribution in [0.1, 0.15) is 12.8 Å². The highest BCUT2D eigenvalue weighted by Gasteiger charge is 2.16. The topological polar surface area (TPSA) is 76.5 Å². The Kier molecular flexibility index (Phi) is 7.18. The highest BCUT2D eigenvalue weighted by molar-refractivity contribution is 8.01. The van der Waals surface area contributed by atoms with Gasteiger partial charge in [0, 0.05) is 23.9 Å². The van der Waals surface area contributed by atoms with Crippen LogP contribution in [0.5, 0.6) is 5.75 Å². The van der Waals surface area contributed by atoms with Crippen molar-refractivity contribution in [3.05, 3.63) is 29.3 Å². The van der Waals surface area contributed by atoms with Crippen molar-refractivity contribution >= 4 is 39.8 Å². The minimum absolute atomic E-state index is 0.220. The fourth-order valence-electron chi connectivity index (χ4n) is 2.28. The third-order valence-corrected chi connectivity index (χ3v) is 5.98. The standard InChI is InChI=1S/C16H20ClN3O3S2/c17-11-3-5-13(6-4-11)23-9-12(21)10-24-16-20-19-15(25-16)18-8-14-2-1-7-22-14/h3-6,12,14,21H,1-2,7-10H2,(H,18,19)/t12-,14+/m0/s1. The molecule has 1 aliphatic heterocycles. The number of benzene rings is 1. The predicted octanol–water partition coefficient (Wildman–Crippen LogP) is 3.31. The van der Waals surface area contributed by atoms with Gasteiger partial charge in [-0.05, 0) is 37.1 Å². The van der Waals surface area contributed by atoms with Crippen LogP contribution in [0.25, 0.3) is 0 Å². The molecule has 9 heteroatoms. The summed E-state index contributed by atoms with van der Waals surface area (Å²) in [6.07, 6.45) is 1.90. The normalized spacial score (nSPS) is 18.2. The maximum Gasteiger partial charge on any atom is 0.206 e. The molecule has 0 spiro atoms. The van der Waals surface area contributed by atoms with Crippen molar-refractivity contribution in [2.75, 3.05) is 30.8 Å². The molecular formula is C16H20ClN3O3S2. The molecule has 1 saturated heterocycles. The van der Waals surface area contributed by atoms with Crippen molar-refractivity contribution in [2.24, 2.45) is 0 Å². The number of nitrogens with one attached hydrogen (secondary N) is 1. The van der Waals surface area contributed by atoms with Crippen molar-refractivity contribution in [3.63, 3.8) is 0 Å². The number of aliphatic hydroxyl groups is 1. The van der Waals surface area contributed by atoms with E-state index in [1.807, 2.05) is 0 Å². The first-order valence-electron chi connectivity index (χ1n) is 8.07. The van der Waals surface area contributed by atoms with Gasteiger partial charge >= 0.3 is 0 Å². The molecule has 0 unspecified atom stereocenters. The highest BCUT2D eigenvalue weighted by Crippen LogP contribution is 2.26. The van der Waals surface area contributed by atoms with E-state index in [2.05, 4.69) is 15.5 Å². The Balaban J connectivity index is 1.35. The summed E-state index contributed by atoms with van der Waals surface area (Å²) in [7, 11) is 0. The zero-order valence-corrected chi connectivity index (χ0v) is 15.9. The molecule has 0 radical (unpaired) electrons. The predicted molar refractivity (Wildman–Crippen MR) is 101 cm³/mol. The van der Waals surface area contributed by atoms with E-state index in [-0.39, 0.29) is 12.7 Å². The van der Waals surface area contributed by atoms with Gasteiger partial charge in [-0.15, -0.1) is 10.2 Å². The van der Waals surface area contributed by atoms with Crippen LogP contribution in [0.3, 0.4) is 0 Å². The maximum absolute atomic E-state index is 10.0. The molecule has 2 atom stereocenters. The molecule has 0 aliphatic carbocycles. The summed E-state index contributed by atoms with van der Waals surface area (Å²) in [5.74, 6) is 1.18. The Bertz CT molecular complexity index is 650. The lowest BCUT2D eigenvalue weighted by Gasteiger charge is -2.11. The molecule has 136 valence electrons. The quantitative estimate of drug-likeness (QED) is 0.624. The number of hydrogen-bond acceptors (Lipinski definition) is 8. The zero-order chi connectivity index (χ0) is 17.5. The molecule has 6 nitrogen and oxygen atoms in total. The van der Waals surface area contributed by atoms with E-state index in [0.717, 1.165) is 35.5 Å². The zero-order valence-electron chi connectivity index (χ0n) is 13.6. The van der Waals surface area contributed by atoms with Gasteiger partial charge in [0.2, 0.25) is 5.13 Å². The Labute approximate surface area is 159 Å². The number of anilines is 1. The SMILES string of the molecule is O[C@@H](COc1ccc(Cl)cc1)CSc1nnc(NC[C@H]2CCCO2)s1. The number of nitrogens with zero attached hydrogens (tertiary/aromatic N) is 2.